The maximum Gasteiger partial charge on any atom is 0.374 e. The molecule has 0 unspecified atom stereocenters. The monoisotopic (exact) mass is 409 g/mol. The van der Waals surface area contributed by atoms with E-state index >= 15 is 0 Å². The van der Waals surface area contributed by atoms with Crippen LogP contribution in [-0.4, -0.2) is 34.5 Å². The lowest BCUT2D eigenvalue weighted by molar-refractivity contribution is 0.0491. The Balaban J connectivity index is 1.67. The van der Waals surface area contributed by atoms with Gasteiger partial charge < -0.3 is 13.9 Å². The van der Waals surface area contributed by atoms with Gasteiger partial charge in [-0.1, -0.05) is 42.1 Å². The molecule has 0 saturated heterocycles. The molecule has 0 fully saturated rings. The molecule has 7 nitrogen and oxygen atoms in total. The summed E-state index contributed by atoms with van der Waals surface area (Å²) >= 11 is 1.46. The van der Waals surface area contributed by atoms with E-state index in [1.54, 1.807) is 20.4 Å². The van der Waals surface area contributed by atoms with Gasteiger partial charge in [0.15, 0.2) is 5.16 Å². The number of ether oxygens (including phenoxy) is 2. The van der Waals surface area contributed by atoms with Gasteiger partial charge in [-0.3, -0.25) is 4.57 Å². The lowest BCUT2D eigenvalue weighted by atomic mass is 10.1. The van der Waals surface area contributed by atoms with E-state index in [4.69, 9.17) is 13.9 Å². The minimum absolute atomic E-state index is 0.226. The van der Waals surface area contributed by atoms with Crippen LogP contribution in [0.5, 0.6) is 5.75 Å². The van der Waals surface area contributed by atoms with Crippen LogP contribution in [0.25, 0.3) is 16.7 Å². The van der Waals surface area contributed by atoms with E-state index in [0.29, 0.717) is 16.5 Å². The van der Waals surface area contributed by atoms with Crippen LogP contribution in [-0.2, 0) is 10.5 Å². The highest BCUT2D eigenvalue weighted by molar-refractivity contribution is 7.98. The molecule has 0 N–H and O–H groups in total. The van der Waals surface area contributed by atoms with Crippen molar-refractivity contribution in [3.05, 3.63) is 66.2 Å². The van der Waals surface area contributed by atoms with Gasteiger partial charge in [0.25, 0.3) is 0 Å². The molecule has 2 heterocycles. The number of hydrogen-bond acceptors (Lipinski definition) is 7. The molecule has 0 bridgehead atoms. The highest BCUT2D eigenvalue weighted by Crippen LogP contribution is 2.33. The van der Waals surface area contributed by atoms with Crippen LogP contribution in [0.2, 0.25) is 0 Å². The van der Waals surface area contributed by atoms with Gasteiger partial charge in [-0.2, -0.15) is 0 Å². The van der Waals surface area contributed by atoms with Gasteiger partial charge >= 0.3 is 5.97 Å². The number of rotatable bonds is 7. The minimum atomic E-state index is -0.467. The van der Waals surface area contributed by atoms with Gasteiger partial charge in [0.05, 0.1) is 19.4 Å². The van der Waals surface area contributed by atoms with Crippen LogP contribution < -0.4 is 4.74 Å². The summed E-state index contributed by atoms with van der Waals surface area (Å²) in [6.07, 6.45) is 1.64. The van der Waals surface area contributed by atoms with E-state index in [1.165, 1.54) is 11.8 Å². The molecule has 0 atom stereocenters. The number of fused-ring (bicyclic) bond motifs is 1. The topological polar surface area (TPSA) is 79.4 Å². The van der Waals surface area contributed by atoms with Crippen LogP contribution in [0.15, 0.2) is 64.4 Å². The molecule has 2 aromatic heterocycles. The third-order valence-corrected chi connectivity index (χ3v) is 5.34. The predicted octanol–water partition coefficient (Wildman–Crippen LogP) is 4.49. The third kappa shape index (κ3) is 3.71. The van der Waals surface area contributed by atoms with Crippen molar-refractivity contribution in [3.8, 4) is 11.4 Å². The number of methoxy groups -OCH3 is 1. The van der Waals surface area contributed by atoms with Crippen molar-refractivity contribution in [1.82, 2.24) is 14.8 Å². The van der Waals surface area contributed by atoms with Crippen molar-refractivity contribution in [2.75, 3.05) is 13.7 Å². The number of furan rings is 1. The summed E-state index contributed by atoms with van der Waals surface area (Å²) in [7, 11) is 1.62. The summed E-state index contributed by atoms with van der Waals surface area (Å²) in [6, 6.07) is 15.2. The molecule has 8 heteroatoms. The van der Waals surface area contributed by atoms with Gasteiger partial charge in [-0.25, -0.2) is 4.79 Å². The average molecular weight is 409 g/mol. The Kier molecular flexibility index (Phi) is 5.53. The van der Waals surface area contributed by atoms with Gasteiger partial charge in [-0.05, 0) is 25.1 Å². The average Bonchev–Trinajstić information content (AvgIpc) is 3.36. The zero-order valence-electron chi connectivity index (χ0n) is 16.0. The highest BCUT2D eigenvalue weighted by Gasteiger charge is 2.22. The first kappa shape index (κ1) is 19.1. The van der Waals surface area contributed by atoms with Crippen molar-refractivity contribution in [3.63, 3.8) is 0 Å². The number of aromatic nitrogens is 3. The van der Waals surface area contributed by atoms with Crippen LogP contribution in [0.1, 0.15) is 23.0 Å². The standard InChI is InChI=1S/C21H19N3O4S/c1-3-27-20(25)19-15(14-8-4-6-10-17(14)28-19)12-29-21-23-22-13-24(21)16-9-5-7-11-18(16)26-2/h4-11,13H,3,12H2,1-2H3. The van der Waals surface area contributed by atoms with Crippen molar-refractivity contribution in [2.45, 2.75) is 17.8 Å². The molecule has 29 heavy (non-hydrogen) atoms. The minimum Gasteiger partial charge on any atom is -0.495 e. The molecule has 0 spiro atoms. The normalized spacial score (nSPS) is 11.0. The number of carbonyl (C=O) groups excluding carboxylic acids is 1. The van der Waals surface area contributed by atoms with E-state index < -0.39 is 5.97 Å². The fourth-order valence-corrected chi connectivity index (χ4v) is 4.01. The molecule has 0 aliphatic rings. The summed E-state index contributed by atoms with van der Waals surface area (Å²) < 4.78 is 18.3. The summed E-state index contributed by atoms with van der Waals surface area (Å²) in [6.45, 7) is 2.05. The van der Waals surface area contributed by atoms with E-state index in [0.717, 1.165) is 22.4 Å². The fourth-order valence-electron chi connectivity index (χ4n) is 3.06. The Labute approximate surface area is 171 Å². The van der Waals surface area contributed by atoms with Crippen LogP contribution in [0.4, 0.5) is 0 Å². The third-order valence-electron chi connectivity index (χ3n) is 4.37. The maximum atomic E-state index is 12.4. The summed E-state index contributed by atoms with van der Waals surface area (Å²) in [4.78, 5) is 12.4. The first-order chi connectivity index (χ1) is 14.2. The first-order valence-corrected chi connectivity index (χ1v) is 10.0. The van der Waals surface area contributed by atoms with Gasteiger partial charge in [-0.15, -0.1) is 10.2 Å². The summed E-state index contributed by atoms with van der Waals surface area (Å²) in [5.74, 6) is 0.948. The van der Waals surface area contributed by atoms with Gasteiger partial charge in [0.1, 0.15) is 17.7 Å². The lowest BCUT2D eigenvalue weighted by Gasteiger charge is -2.10. The molecule has 0 radical (unpaired) electrons. The smallest absolute Gasteiger partial charge is 0.374 e. The van der Waals surface area contributed by atoms with E-state index in [2.05, 4.69) is 10.2 Å². The Bertz CT molecular complexity index is 1150. The quantitative estimate of drug-likeness (QED) is 0.329. The molecule has 0 aliphatic carbocycles. The number of esters is 1. The second kappa shape index (κ2) is 8.40. The molecular formula is C21H19N3O4S. The van der Waals surface area contributed by atoms with Crippen molar-refractivity contribution in [1.29, 1.82) is 0 Å². The number of hydrogen-bond donors (Lipinski definition) is 0. The Morgan fingerprint density at radius 2 is 1.97 bits per heavy atom. The number of carbonyl (C=O) groups is 1. The molecule has 4 rings (SSSR count). The highest BCUT2D eigenvalue weighted by atomic mass is 32.2. The molecular weight excluding hydrogens is 390 g/mol. The van der Waals surface area contributed by atoms with Crippen molar-refractivity contribution >= 4 is 28.7 Å². The number of thioether (sulfide) groups is 1. The van der Waals surface area contributed by atoms with Crippen molar-refractivity contribution < 1.29 is 18.7 Å². The molecule has 0 amide bonds. The Hall–Kier alpha value is -3.26. The van der Waals surface area contributed by atoms with Crippen molar-refractivity contribution in [2.24, 2.45) is 0 Å². The maximum absolute atomic E-state index is 12.4. The Morgan fingerprint density at radius 3 is 2.79 bits per heavy atom. The second-order valence-electron chi connectivity index (χ2n) is 6.07. The molecule has 2 aromatic carbocycles. The van der Waals surface area contributed by atoms with Crippen LogP contribution in [0, 0.1) is 0 Å². The second-order valence-corrected chi connectivity index (χ2v) is 7.01. The van der Waals surface area contributed by atoms with Crippen LogP contribution >= 0.6 is 11.8 Å². The SMILES string of the molecule is CCOC(=O)c1oc2ccccc2c1CSc1nncn1-c1ccccc1OC. The number of para-hydroxylation sites is 3. The van der Waals surface area contributed by atoms with E-state index in [-0.39, 0.29) is 12.4 Å². The number of benzene rings is 2. The fraction of sp³-hybridized carbons (Fsp3) is 0.190. The zero-order valence-corrected chi connectivity index (χ0v) is 16.8. The number of nitrogens with zero attached hydrogens (tertiary/aromatic N) is 3. The van der Waals surface area contributed by atoms with Crippen LogP contribution in [0.3, 0.4) is 0 Å². The van der Waals surface area contributed by atoms with Gasteiger partial charge in [0.2, 0.25) is 5.76 Å². The summed E-state index contributed by atoms with van der Waals surface area (Å²) in [5.41, 5.74) is 2.26. The van der Waals surface area contributed by atoms with E-state index in [9.17, 15) is 4.79 Å². The first-order valence-electron chi connectivity index (χ1n) is 9.06. The predicted molar refractivity (Wildman–Crippen MR) is 110 cm³/mol. The van der Waals surface area contributed by atoms with Gasteiger partial charge in [0, 0.05) is 16.7 Å². The molecule has 0 aliphatic heterocycles. The molecule has 0 saturated carbocycles. The largest absolute Gasteiger partial charge is 0.495 e. The van der Waals surface area contributed by atoms with E-state index in [1.807, 2.05) is 53.1 Å². The molecule has 148 valence electrons. The lowest BCUT2D eigenvalue weighted by Crippen LogP contribution is -2.06. The molecule has 4 aromatic rings. The summed E-state index contributed by atoms with van der Waals surface area (Å²) in [5, 5.41) is 9.83. The Morgan fingerprint density at radius 1 is 1.17 bits per heavy atom. The zero-order chi connectivity index (χ0) is 20.2.